The van der Waals surface area contributed by atoms with Crippen molar-refractivity contribution in [1.82, 2.24) is 9.97 Å². The van der Waals surface area contributed by atoms with Gasteiger partial charge in [-0.1, -0.05) is 0 Å². The number of hydrogen-bond donors (Lipinski definition) is 4. The molecule has 1 aromatic rings. The van der Waals surface area contributed by atoms with Gasteiger partial charge >= 0.3 is 35.5 Å². The number of hydrogen-bond acceptors (Lipinski definition) is 7. The SMILES string of the molecule is CC(=O)CC(C)=O.CC(=O)[O-].Cc1cc(C)nc(N)n1.NC(N)=[NH2+].[Na+]. The summed E-state index contributed by atoms with van der Waals surface area (Å²) in [6, 6.07) is 1.89. The molecule has 0 fully saturated rings. The molecule has 11 heteroatoms. The number of nitrogens with two attached hydrogens (primary N) is 4. The van der Waals surface area contributed by atoms with Gasteiger partial charge in [0.05, 0.1) is 6.42 Å². The molecule has 0 aromatic carbocycles. The number of nitrogens with zero attached hydrogens (tertiary/aromatic N) is 2. The second-order valence-electron chi connectivity index (χ2n) is 4.58. The molecule has 8 N–H and O–H groups in total. The molecule has 1 rings (SSSR count). The van der Waals surface area contributed by atoms with Gasteiger partial charge in [-0.25, -0.2) is 9.97 Å². The predicted octanol–water partition coefficient (Wildman–Crippen LogP) is -5.99. The first-order valence-electron chi connectivity index (χ1n) is 6.65. The third-order valence-corrected chi connectivity index (χ3v) is 1.50. The summed E-state index contributed by atoms with van der Waals surface area (Å²) >= 11 is 0. The van der Waals surface area contributed by atoms with Crippen molar-refractivity contribution in [2.75, 3.05) is 5.73 Å². The van der Waals surface area contributed by atoms with Crippen LogP contribution in [0.3, 0.4) is 0 Å². The maximum Gasteiger partial charge on any atom is 1.00 e. The van der Waals surface area contributed by atoms with Crippen molar-refractivity contribution >= 4 is 29.4 Å². The maximum atomic E-state index is 10.0. The zero-order chi connectivity index (χ0) is 19.9. The molecule has 0 atom stereocenters. The van der Waals surface area contributed by atoms with E-state index < -0.39 is 5.97 Å². The van der Waals surface area contributed by atoms with E-state index in [1.807, 2.05) is 19.9 Å². The van der Waals surface area contributed by atoms with Crippen molar-refractivity contribution in [3.05, 3.63) is 17.5 Å². The minimum Gasteiger partial charge on any atom is -0.550 e. The van der Waals surface area contributed by atoms with Gasteiger partial charge < -0.3 is 15.6 Å². The molecule has 0 aliphatic rings. The fraction of sp³-hybridized carbons (Fsp3) is 0.429. The van der Waals surface area contributed by atoms with Gasteiger partial charge in [-0.2, -0.15) is 0 Å². The van der Waals surface area contributed by atoms with Crippen LogP contribution in [0.2, 0.25) is 0 Å². The molecule has 1 heterocycles. The van der Waals surface area contributed by atoms with E-state index in [1.54, 1.807) is 0 Å². The van der Waals surface area contributed by atoms with Crippen molar-refractivity contribution in [1.29, 1.82) is 0 Å². The molecule has 0 saturated heterocycles. The largest absolute Gasteiger partial charge is 1.00 e. The first-order valence-corrected chi connectivity index (χ1v) is 6.65. The minimum absolute atomic E-state index is 0. The monoisotopic (exact) mass is 365 g/mol. The number of ketones is 2. The Morgan fingerprint density at radius 1 is 1.04 bits per heavy atom. The molecule has 25 heavy (non-hydrogen) atoms. The molecule has 0 aliphatic heterocycles. The Hall–Kier alpha value is -2.04. The summed E-state index contributed by atoms with van der Waals surface area (Å²) < 4.78 is 0. The van der Waals surface area contributed by atoms with Crippen LogP contribution in [0.5, 0.6) is 0 Å². The summed E-state index contributed by atoms with van der Waals surface area (Å²) in [4.78, 5) is 36.8. The fourth-order valence-corrected chi connectivity index (χ4v) is 1.10. The number of guanidine groups is 1. The Balaban J connectivity index is -0.000000124. The fourth-order valence-electron chi connectivity index (χ4n) is 1.10. The number of aromatic nitrogens is 2. The number of nitrogen functional groups attached to an aromatic ring is 1. The number of carboxylic acid groups (broad SMARTS) is 1. The molecule has 0 aliphatic carbocycles. The topological polar surface area (TPSA) is 204 Å². The van der Waals surface area contributed by atoms with Crippen molar-refractivity contribution in [2.45, 2.75) is 41.0 Å². The van der Waals surface area contributed by atoms with Gasteiger partial charge in [0.25, 0.3) is 0 Å². The van der Waals surface area contributed by atoms with Gasteiger partial charge in [-0.3, -0.25) is 26.5 Å². The molecule has 1 aromatic heterocycles. The summed E-state index contributed by atoms with van der Waals surface area (Å²) in [5.74, 6) is -0.937. The Morgan fingerprint density at radius 2 is 1.28 bits per heavy atom. The van der Waals surface area contributed by atoms with Gasteiger partial charge in [0.1, 0.15) is 11.6 Å². The van der Waals surface area contributed by atoms with E-state index in [1.165, 1.54) is 13.8 Å². The van der Waals surface area contributed by atoms with E-state index in [0.29, 0.717) is 5.95 Å². The van der Waals surface area contributed by atoms with Crippen LogP contribution in [-0.2, 0) is 14.4 Å². The number of rotatable bonds is 2. The van der Waals surface area contributed by atoms with Crippen molar-refractivity contribution < 1.29 is 54.5 Å². The number of carboxylic acids is 1. The number of aliphatic carboxylic acids is 1. The first-order chi connectivity index (χ1) is 10.8. The van der Waals surface area contributed by atoms with Crippen molar-refractivity contribution in [3.8, 4) is 0 Å². The Morgan fingerprint density at radius 3 is 1.40 bits per heavy atom. The maximum absolute atomic E-state index is 10.0. The van der Waals surface area contributed by atoms with Crippen molar-refractivity contribution in [2.24, 2.45) is 11.5 Å². The molecule has 0 radical (unpaired) electrons. The quantitative estimate of drug-likeness (QED) is 0.170. The summed E-state index contributed by atoms with van der Waals surface area (Å²) in [5.41, 5.74) is 16.3. The Labute approximate surface area is 169 Å². The van der Waals surface area contributed by atoms with Gasteiger partial charge in [0.2, 0.25) is 5.95 Å². The van der Waals surface area contributed by atoms with E-state index in [4.69, 9.17) is 15.6 Å². The number of carbonyl (C=O) groups is 3. The van der Waals surface area contributed by atoms with Crippen LogP contribution in [0.15, 0.2) is 6.07 Å². The smallest absolute Gasteiger partial charge is 0.550 e. The molecule has 0 amide bonds. The van der Waals surface area contributed by atoms with Crippen LogP contribution >= 0.6 is 0 Å². The molecule has 0 unspecified atom stereocenters. The average molecular weight is 365 g/mol. The summed E-state index contributed by atoms with van der Waals surface area (Å²) in [7, 11) is 0. The zero-order valence-electron chi connectivity index (χ0n) is 15.6. The molecular formula is C14H26N6NaO4+. The van der Waals surface area contributed by atoms with Crippen LogP contribution in [0.1, 0.15) is 38.6 Å². The van der Waals surface area contributed by atoms with Crippen LogP contribution in [0.4, 0.5) is 5.95 Å². The van der Waals surface area contributed by atoms with Crippen molar-refractivity contribution in [3.63, 3.8) is 0 Å². The Kier molecular flexibility index (Phi) is 22.5. The molecular weight excluding hydrogens is 339 g/mol. The van der Waals surface area contributed by atoms with E-state index >= 15 is 0 Å². The van der Waals surface area contributed by atoms with E-state index in [-0.39, 0.29) is 53.5 Å². The third kappa shape index (κ3) is 44.9. The standard InChI is InChI=1S/C6H9N3.C5H8O2.C2H4O2.CH5N3.Na/c1-4-3-5(2)9-6(7)8-4;1-4(6)3-5(2)7;1-2(3)4;2-1(3)4;/h3H,1-2H3,(H2,7,8,9);3H2,1-2H3;1H3,(H,3,4);(H5,2,3,4);/q;;;;+1. The van der Waals surface area contributed by atoms with Crippen LogP contribution in [-0.4, -0.2) is 33.5 Å². The normalized spacial score (nSPS) is 7.72. The predicted molar refractivity (Wildman–Crippen MR) is 87.9 cm³/mol. The minimum atomic E-state index is -1.08. The second-order valence-corrected chi connectivity index (χ2v) is 4.58. The molecule has 0 spiro atoms. The summed E-state index contributed by atoms with van der Waals surface area (Å²) in [6.07, 6.45) is 0.0833. The van der Waals surface area contributed by atoms with Gasteiger partial charge in [0.15, 0.2) is 0 Å². The summed E-state index contributed by atoms with van der Waals surface area (Å²) in [5, 5.41) is 13.5. The Bertz CT molecular complexity index is 484. The number of Topliss-reactive ketones (excluding diaryl/α,β-unsaturated/α-hetero) is 2. The number of anilines is 1. The van der Waals surface area contributed by atoms with E-state index in [2.05, 4.69) is 26.8 Å². The first kappa shape index (κ1) is 30.8. The average Bonchev–Trinajstić information content (AvgIpc) is 2.22. The van der Waals surface area contributed by atoms with Gasteiger partial charge in [0, 0.05) is 17.4 Å². The van der Waals surface area contributed by atoms with Gasteiger partial charge in [-0.05, 0) is 40.7 Å². The number of carbonyl (C=O) groups excluding carboxylic acids is 3. The second kappa shape index (κ2) is 18.3. The van der Waals surface area contributed by atoms with Gasteiger partial charge in [-0.15, -0.1) is 0 Å². The van der Waals surface area contributed by atoms with E-state index in [0.717, 1.165) is 18.3 Å². The molecule has 136 valence electrons. The third-order valence-electron chi connectivity index (χ3n) is 1.50. The molecule has 0 saturated carbocycles. The number of aryl methyl sites for hydroxylation is 2. The van der Waals surface area contributed by atoms with E-state index in [9.17, 15) is 9.59 Å². The molecule has 0 bridgehead atoms. The van der Waals surface area contributed by atoms with Crippen LogP contribution in [0.25, 0.3) is 0 Å². The zero-order valence-corrected chi connectivity index (χ0v) is 17.6. The van der Waals surface area contributed by atoms with Crippen LogP contribution < -0.4 is 57.3 Å². The molecule has 10 nitrogen and oxygen atoms in total. The van der Waals surface area contributed by atoms with Crippen LogP contribution in [0, 0.1) is 13.8 Å². The summed E-state index contributed by atoms with van der Waals surface area (Å²) in [6.45, 7) is 7.57.